The average Bonchev–Trinajstić information content (AvgIpc) is 3.11. The van der Waals surface area contributed by atoms with E-state index in [1.165, 1.54) is 4.31 Å². The minimum absolute atomic E-state index is 0.281. The largest absolute Gasteiger partial charge is 0.344 e. The third-order valence-electron chi connectivity index (χ3n) is 4.56. The lowest BCUT2D eigenvalue weighted by atomic mass is 9.98. The predicted octanol–water partition coefficient (Wildman–Crippen LogP) is 2.97. The van der Waals surface area contributed by atoms with Crippen LogP contribution >= 0.6 is 11.6 Å². The van der Waals surface area contributed by atoms with Crippen LogP contribution in [0.3, 0.4) is 0 Å². The maximum absolute atomic E-state index is 12.9. The molecule has 0 radical (unpaired) electrons. The molecular weight excluding hydrogens is 372 g/mol. The molecule has 138 valence electrons. The van der Waals surface area contributed by atoms with Gasteiger partial charge in [0, 0.05) is 11.6 Å². The highest BCUT2D eigenvalue weighted by atomic mass is 35.5. The molecule has 2 atom stereocenters. The topological polar surface area (TPSA) is 66.5 Å². The molecule has 1 saturated heterocycles. The molecule has 1 aliphatic rings. The molecule has 1 fully saturated rings. The zero-order valence-corrected chi connectivity index (χ0v) is 16.0. The third-order valence-corrected chi connectivity index (χ3v) is 6.10. The van der Waals surface area contributed by atoms with Crippen LogP contribution in [0.5, 0.6) is 0 Å². The van der Waals surface area contributed by atoms with E-state index in [4.69, 9.17) is 11.6 Å². The Bertz CT molecular complexity index is 869. The monoisotopic (exact) mass is 392 g/mol. The lowest BCUT2D eigenvalue weighted by Gasteiger charge is -2.25. The SMILES string of the molecule is CS(=O)(=O)N1CCC[C@H]1C(=O)N[C@H](c1ccccc1)c1ccc(Cl)cc1. The summed E-state index contributed by atoms with van der Waals surface area (Å²) in [7, 11) is -3.41. The highest BCUT2D eigenvalue weighted by Gasteiger charge is 2.37. The van der Waals surface area contributed by atoms with Gasteiger partial charge in [-0.3, -0.25) is 4.79 Å². The van der Waals surface area contributed by atoms with Crippen LogP contribution in [0.15, 0.2) is 54.6 Å². The first-order valence-electron chi connectivity index (χ1n) is 8.44. The van der Waals surface area contributed by atoms with Crippen molar-refractivity contribution in [2.75, 3.05) is 12.8 Å². The summed E-state index contributed by atoms with van der Waals surface area (Å²) < 4.78 is 25.2. The molecule has 7 heteroatoms. The first-order chi connectivity index (χ1) is 12.4. The number of benzene rings is 2. The predicted molar refractivity (Wildman–Crippen MR) is 102 cm³/mol. The quantitative estimate of drug-likeness (QED) is 0.850. The highest BCUT2D eigenvalue weighted by molar-refractivity contribution is 7.88. The number of rotatable bonds is 5. The number of hydrogen-bond acceptors (Lipinski definition) is 3. The second-order valence-corrected chi connectivity index (χ2v) is 8.81. The summed E-state index contributed by atoms with van der Waals surface area (Å²) in [6.07, 6.45) is 2.36. The smallest absolute Gasteiger partial charge is 0.239 e. The lowest BCUT2D eigenvalue weighted by molar-refractivity contribution is -0.124. The van der Waals surface area contributed by atoms with Gasteiger partial charge in [-0.25, -0.2) is 8.42 Å². The van der Waals surface area contributed by atoms with Crippen molar-refractivity contribution in [2.45, 2.75) is 24.9 Å². The van der Waals surface area contributed by atoms with Crippen molar-refractivity contribution < 1.29 is 13.2 Å². The summed E-state index contributed by atoms with van der Waals surface area (Å²) in [4.78, 5) is 12.9. The van der Waals surface area contributed by atoms with Gasteiger partial charge in [0.1, 0.15) is 6.04 Å². The molecule has 1 amide bonds. The second-order valence-electron chi connectivity index (χ2n) is 6.44. The van der Waals surface area contributed by atoms with Gasteiger partial charge >= 0.3 is 0 Å². The Hall–Kier alpha value is -1.89. The number of halogens is 1. The minimum Gasteiger partial charge on any atom is -0.344 e. The van der Waals surface area contributed by atoms with Crippen molar-refractivity contribution in [1.29, 1.82) is 0 Å². The summed E-state index contributed by atoms with van der Waals surface area (Å²) in [6, 6.07) is 15.8. The van der Waals surface area contributed by atoms with E-state index in [1.807, 2.05) is 42.5 Å². The fourth-order valence-corrected chi connectivity index (χ4v) is 4.55. The molecule has 2 aromatic carbocycles. The molecule has 0 unspecified atom stereocenters. The molecule has 0 saturated carbocycles. The molecule has 3 rings (SSSR count). The molecule has 0 aromatic heterocycles. The molecule has 5 nitrogen and oxygen atoms in total. The summed E-state index contributed by atoms with van der Waals surface area (Å²) in [5.74, 6) is -0.281. The van der Waals surface area contributed by atoms with Gasteiger partial charge in [0.2, 0.25) is 15.9 Å². The molecule has 0 aliphatic carbocycles. The first kappa shape index (κ1) is 18.9. The van der Waals surface area contributed by atoms with E-state index >= 15 is 0 Å². The van der Waals surface area contributed by atoms with Crippen molar-refractivity contribution in [1.82, 2.24) is 9.62 Å². The zero-order chi connectivity index (χ0) is 18.7. The molecule has 1 N–H and O–H groups in total. The van der Waals surface area contributed by atoms with E-state index in [-0.39, 0.29) is 11.9 Å². The Morgan fingerprint density at radius 2 is 1.73 bits per heavy atom. The second kappa shape index (κ2) is 7.78. The van der Waals surface area contributed by atoms with Crippen LogP contribution in [-0.2, 0) is 14.8 Å². The van der Waals surface area contributed by atoms with E-state index in [9.17, 15) is 13.2 Å². The van der Waals surface area contributed by atoms with Crippen LogP contribution in [0, 0.1) is 0 Å². The molecule has 0 spiro atoms. The van der Waals surface area contributed by atoms with Crippen LogP contribution in [0.25, 0.3) is 0 Å². The number of nitrogens with one attached hydrogen (secondary N) is 1. The molecule has 1 aliphatic heterocycles. The maximum atomic E-state index is 12.9. The van der Waals surface area contributed by atoms with Crippen LogP contribution in [0.4, 0.5) is 0 Å². The van der Waals surface area contributed by atoms with Gasteiger partial charge in [0.05, 0.1) is 12.3 Å². The zero-order valence-electron chi connectivity index (χ0n) is 14.4. The number of nitrogens with zero attached hydrogens (tertiary/aromatic N) is 1. The van der Waals surface area contributed by atoms with Crippen molar-refractivity contribution in [3.8, 4) is 0 Å². The fraction of sp³-hybridized carbons (Fsp3) is 0.316. The van der Waals surface area contributed by atoms with Crippen LogP contribution in [0.1, 0.15) is 30.0 Å². The lowest BCUT2D eigenvalue weighted by Crippen LogP contribution is -2.46. The normalized spacial score (nSPS) is 19.2. The molecule has 26 heavy (non-hydrogen) atoms. The summed E-state index contributed by atoms with van der Waals surface area (Å²) >= 11 is 5.98. The third kappa shape index (κ3) is 4.26. The van der Waals surface area contributed by atoms with Crippen LogP contribution in [-0.4, -0.2) is 37.5 Å². The maximum Gasteiger partial charge on any atom is 0.239 e. The van der Waals surface area contributed by atoms with Crippen molar-refractivity contribution in [3.63, 3.8) is 0 Å². The van der Waals surface area contributed by atoms with E-state index in [0.29, 0.717) is 24.4 Å². The van der Waals surface area contributed by atoms with Gasteiger partial charge in [-0.2, -0.15) is 4.31 Å². The summed E-state index contributed by atoms with van der Waals surface area (Å²) in [5.41, 5.74) is 1.81. The van der Waals surface area contributed by atoms with Crippen molar-refractivity contribution >= 4 is 27.5 Å². The Morgan fingerprint density at radius 3 is 2.35 bits per heavy atom. The fourth-order valence-electron chi connectivity index (χ4n) is 3.30. The van der Waals surface area contributed by atoms with E-state index < -0.39 is 16.1 Å². The van der Waals surface area contributed by atoms with Crippen molar-refractivity contribution in [2.24, 2.45) is 0 Å². The van der Waals surface area contributed by atoms with Crippen LogP contribution < -0.4 is 5.32 Å². The number of hydrogen-bond donors (Lipinski definition) is 1. The summed E-state index contributed by atoms with van der Waals surface area (Å²) in [5, 5.41) is 3.64. The Balaban J connectivity index is 1.88. The van der Waals surface area contributed by atoms with Gasteiger partial charge in [-0.15, -0.1) is 0 Å². The summed E-state index contributed by atoms with van der Waals surface area (Å²) in [6.45, 7) is 0.383. The Morgan fingerprint density at radius 1 is 1.12 bits per heavy atom. The highest BCUT2D eigenvalue weighted by Crippen LogP contribution is 2.26. The van der Waals surface area contributed by atoms with E-state index in [2.05, 4.69) is 5.32 Å². The number of sulfonamides is 1. The molecule has 2 aromatic rings. The van der Waals surface area contributed by atoms with Crippen molar-refractivity contribution in [3.05, 3.63) is 70.7 Å². The Labute approximate surface area is 159 Å². The van der Waals surface area contributed by atoms with E-state index in [0.717, 1.165) is 17.4 Å². The van der Waals surface area contributed by atoms with Gasteiger partial charge in [-0.05, 0) is 36.1 Å². The number of amides is 1. The van der Waals surface area contributed by atoms with Gasteiger partial charge in [0.15, 0.2) is 0 Å². The minimum atomic E-state index is -3.41. The first-order valence-corrected chi connectivity index (χ1v) is 10.7. The standard InChI is InChI=1S/C19H21ClN2O3S/c1-26(24,25)22-13-5-8-17(22)19(23)21-18(14-6-3-2-4-7-14)15-9-11-16(20)12-10-15/h2-4,6-7,9-12,17-18H,5,8,13H2,1H3,(H,21,23)/t17-,18+/m0/s1. The van der Waals surface area contributed by atoms with Gasteiger partial charge < -0.3 is 5.32 Å². The molecule has 0 bridgehead atoms. The van der Waals surface area contributed by atoms with Gasteiger partial charge in [-0.1, -0.05) is 54.1 Å². The number of carbonyl (C=O) groups is 1. The Kier molecular flexibility index (Phi) is 5.65. The number of carbonyl (C=O) groups excluding carboxylic acids is 1. The van der Waals surface area contributed by atoms with Crippen LogP contribution in [0.2, 0.25) is 5.02 Å². The van der Waals surface area contributed by atoms with Gasteiger partial charge in [0.25, 0.3) is 0 Å². The molecular formula is C19H21ClN2O3S. The van der Waals surface area contributed by atoms with E-state index in [1.54, 1.807) is 12.1 Å². The average molecular weight is 393 g/mol. The molecule has 1 heterocycles.